The molecule has 0 radical (unpaired) electrons. The smallest absolute Gasteiger partial charge is 0.337 e. The van der Waals surface area contributed by atoms with Gasteiger partial charge in [0.1, 0.15) is 0 Å². The first-order valence-electron chi connectivity index (χ1n) is 11.3. The summed E-state index contributed by atoms with van der Waals surface area (Å²) in [5, 5.41) is 16.3. The monoisotopic (exact) mass is 428 g/mol. The zero-order valence-electron chi connectivity index (χ0n) is 18.1. The Morgan fingerprint density at radius 2 is 1.88 bits per heavy atom. The first-order chi connectivity index (χ1) is 15.7. The largest absolute Gasteiger partial charge is 0.478 e. The number of carbonyl (C=O) groups is 1. The average molecular weight is 429 g/mol. The van der Waals surface area contributed by atoms with Crippen LogP contribution < -0.4 is 15.5 Å². The van der Waals surface area contributed by atoms with Crippen LogP contribution in [0, 0.1) is 0 Å². The number of hydrogen-bond acceptors (Lipinski definition) is 5. The van der Waals surface area contributed by atoms with Gasteiger partial charge in [-0.3, -0.25) is 4.98 Å². The van der Waals surface area contributed by atoms with Crippen LogP contribution in [-0.4, -0.2) is 35.7 Å². The minimum Gasteiger partial charge on any atom is -0.478 e. The molecular weight excluding hydrogens is 400 g/mol. The lowest BCUT2D eigenvalue weighted by Gasteiger charge is -2.33. The predicted molar refractivity (Wildman–Crippen MR) is 128 cm³/mol. The molecule has 5 rings (SSSR count). The second kappa shape index (κ2) is 8.91. The molecule has 6 nitrogen and oxygen atoms in total. The molecule has 6 heteroatoms. The van der Waals surface area contributed by atoms with E-state index in [0.29, 0.717) is 18.2 Å². The van der Waals surface area contributed by atoms with Crippen molar-refractivity contribution in [2.24, 2.45) is 0 Å². The molecule has 3 aromatic rings. The number of aryl methyl sites for hydroxylation is 1. The Hall–Kier alpha value is -3.54. The van der Waals surface area contributed by atoms with Crippen molar-refractivity contribution in [1.29, 1.82) is 0 Å². The maximum atomic E-state index is 11.5. The predicted octanol–water partition coefficient (Wildman–Crippen LogP) is 5.27. The standard InChI is InChI=1S/C26H28N4O2/c31-26(32)24-11-12-27-17-25(24)28-16-19-4-1-3-18-15-21(7-10-23(18)19)29-20-5-8-22(9-6-20)30-13-2-14-30/h5-12,15,17,19,28-29H,1-4,13-14,16H2,(H,31,32)/t19-/m0/s1. The molecule has 3 N–H and O–H groups in total. The van der Waals surface area contributed by atoms with Crippen molar-refractivity contribution >= 4 is 28.7 Å². The fourth-order valence-electron chi connectivity index (χ4n) is 4.66. The minimum absolute atomic E-state index is 0.260. The van der Waals surface area contributed by atoms with Crippen molar-refractivity contribution in [3.8, 4) is 0 Å². The molecule has 0 spiro atoms. The molecule has 1 aliphatic heterocycles. The number of aromatic carboxylic acids is 1. The maximum Gasteiger partial charge on any atom is 0.337 e. The Bertz CT molecular complexity index is 1110. The fraction of sp³-hybridized carbons (Fsp3) is 0.308. The third-order valence-electron chi connectivity index (χ3n) is 6.55. The molecule has 1 aromatic heterocycles. The van der Waals surface area contributed by atoms with Gasteiger partial charge in [-0.15, -0.1) is 0 Å². The molecule has 2 heterocycles. The van der Waals surface area contributed by atoms with Gasteiger partial charge in [-0.25, -0.2) is 4.79 Å². The molecule has 164 valence electrons. The molecule has 0 amide bonds. The van der Waals surface area contributed by atoms with Gasteiger partial charge in [0.05, 0.1) is 17.4 Å². The summed E-state index contributed by atoms with van der Waals surface area (Å²) in [6, 6.07) is 16.8. The maximum absolute atomic E-state index is 11.5. The van der Waals surface area contributed by atoms with Crippen LogP contribution in [0.2, 0.25) is 0 Å². The highest BCUT2D eigenvalue weighted by Gasteiger charge is 2.21. The zero-order chi connectivity index (χ0) is 21.9. The van der Waals surface area contributed by atoms with Gasteiger partial charge in [0.2, 0.25) is 0 Å². The summed E-state index contributed by atoms with van der Waals surface area (Å²) >= 11 is 0. The van der Waals surface area contributed by atoms with Gasteiger partial charge in [-0.05, 0) is 79.3 Å². The average Bonchev–Trinajstić information content (AvgIpc) is 2.77. The second-order valence-corrected chi connectivity index (χ2v) is 8.62. The first kappa shape index (κ1) is 20.4. The Morgan fingerprint density at radius 3 is 2.62 bits per heavy atom. The van der Waals surface area contributed by atoms with Crippen molar-refractivity contribution in [3.63, 3.8) is 0 Å². The van der Waals surface area contributed by atoms with E-state index in [0.717, 1.165) is 43.7 Å². The van der Waals surface area contributed by atoms with Crippen molar-refractivity contribution < 1.29 is 9.90 Å². The molecule has 32 heavy (non-hydrogen) atoms. The Morgan fingerprint density at radius 1 is 1.06 bits per heavy atom. The highest BCUT2D eigenvalue weighted by molar-refractivity contribution is 5.93. The summed E-state index contributed by atoms with van der Waals surface area (Å²) in [4.78, 5) is 17.9. The van der Waals surface area contributed by atoms with Gasteiger partial charge >= 0.3 is 5.97 Å². The molecular formula is C26H28N4O2. The van der Waals surface area contributed by atoms with Crippen LogP contribution in [0.1, 0.15) is 46.7 Å². The number of hydrogen-bond donors (Lipinski definition) is 3. The van der Waals surface area contributed by atoms with E-state index in [1.807, 2.05) is 0 Å². The van der Waals surface area contributed by atoms with Gasteiger partial charge < -0.3 is 20.6 Å². The van der Waals surface area contributed by atoms with Gasteiger partial charge in [-0.1, -0.05) is 6.07 Å². The van der Waals surface area contributed by atoms with Gasteiger partial charge in [0, 0.05) is 48.8 Å². The highest BCUT2D eigenvalue weighted by Crippen LogP contribution is 2.34. The molecule has 0 saturated carbocycles. The Kier molecular flexibility index (Phi) is 5.67. The summed E-state index contributed by atoms with van der Waals surface area (Å²) in [5.41, 5.74) is 7.05. The van der Waals surface area contributed by atoms with Crippen molar-refractivity contribution in [3.05, 3.63) is 77.6 Å². The van der Waals surface area contributed by atoms with Crippen LogP contribution in [-0.2, 0) is 6.42 Å². The van der Waals surface area contributed by atoms with Crippen LogP contribution in [0.25, 0.3) is 0 Å². The van der Waals surface area contributed by atoms with Gasteiger partial charge in [-0.2, -0.15) is 0 Å². The number of carboxylic acid groups (broad SMARTS) is 1. The normalized spacial score (nSPS) is 17.2. The quantitative estimate of drug-likeness (QED) is 0.476. The van der Waals surface area contributed by atoms with Gasteiger partial charge in [0.25, 0.3) is 0 Å². The number of fused-ring (bicyclic) bond motifs is 1. The third-order valence-corrected chi connectivity index (χ3v) is 6.55. The summed E-state index contributed by atoms with van der Waals surface area (Å²) in [7, 11) is 0. The molecule has 1 fully saturated rings. The van der Waals surface area contributed by atoms with Crippen LogP contribution >= 0.6 is 0 Å². The SMILES string of the molecule is O=C(O)c1ccncc1NC[C@@H]1CCCc2cc(Nc3ccc(N4CCC4)cc3)ccc21. The molecule has 2 aliphatic rings. The van der Waals surface area contributed by atoms with Crippen molar-refractivity contribution in [1.82, 2.24) is 4.98 Å². The highest BCUT2D eigenvalue weighted by atomic mass is 16.4. The Balaban J connectivity index is 1.27. The van der Waals surface area contributed by atoms with Crippen LogP contribution in [0.4, 0.5) is 22.7 Å². The first-order valence-corrected chi connectivity index (χ1v) is 11.3. The number of anilines is 4. The number of pyridine rings is 1. The van der Waals surface area contributed by atoms with E-state index in [9.17, 15) is 9.90 Å². The lowest BCUT2D eigenvalue weighted by Crippen LogP contribution is -2.36. The van der Waals surface area contributed by atoms with Crippen molar-refractivity contribution in [2.45, 2.75) is 31.6 Å². The zero-order valence-corrected chi connectivity index (χ0v) is 18.1. The van der Waals surface area contributed by atoms with Crippen LogP contribution in [0.15, 0.2) is 60.9 Å². The van der Waals surface area contributed by atoms with Crippen LogP contribution in [0.5, 0.6) is 0 Å². The third kappa shape index (κ3) is 4.26. The lowest BCUT2D eigenvalue weighted by molar-refractivity contribution is 0.0698. The number of aromatic nitrogens is 1. The summed E-state index contributed by atoms with van der Waals surface area (Å²) in [5.74, 6) is -0.585. The molecule has 1 atom stereocenters. The molecule has 0 bridgehead atoms. The second-order valence-electron chi connectivity index (χ2n) is 8.62. The summed E-state index contributed by atoms with van der Waals surface area (Å²) < 4.78 is 0. The van der Waals surface area contributed by atoms with E-state index in [4.69, 9.17) is 0 Å². The Labute approximate surface area is 188 Å². The molecule has 2 aromatic carbocycles. The number of nitrogens with one attached hydrogen (secondary N) is 2. The van der Waals surface area contributed by atoms with E-state index in [-0.39, 0.29) is 5.56 Å². The van der Waals surface area contributed by atoms with Gasteiger partial charge in [0.15, 0.2) is 0 Å². The van der Waals surface area contributed by atoms with E-state index in [2.05, 4.69) is 63.0 Å². The number of carboxylic acids is 1. The van der Waals surface area contributed by atoms with E-state index in [1.165, 1.54) is 35.5 Å². The van der Waals surface area contributed by atoms with E-state index in [1.54, 1.807) is 6.20 Å². The summed E-state index contributed by atoms with van der Waals surface area (Å²) in [6.45, 7) is 3.02. The van der Waals surface area contributed by atoms with E-state index < -0.39 is 5.97 Å². The van der Waals surface area contributed by atoms with Crippen LogP contribution in [0.3, 0.4) is 0 Å². The molecule has 0 unspecified atom stereocenters. The lowest BCUT2D eigenvalue weighted by atomic mass is 9.82. The molecule has 1 saturated heterocycles. The minimum atomic E-state index is -0.937. The number of rotatable bonds is 7. The molecule has 1 aliphatic carbocycles. The fourth-order valence-corrected chi connectivity index (χ4v) is 4.66. The topological polar surface area (TPSA) is 77.5 Å². The number of nitrogens with zero attached hydrogens (tertiary/aromatic N) is 2. The van der Waals surface area contributed by atoms with Crippen molar-refractivity contribution in [2.75, 3.05) is 35.2 Å². The summed E-state index contributed by atoms with van der Waals surface area (Å²) in [6.07, 6.45) is 7.68. The number of benzene rings is 2. The van der Waals surface area contributed by atoms with E-state index >= 15 is 0 Å².